The summed E-state index contributed by atoms with van der Waals surface area (Å²) in [5.74, 6) is -0.0867. The number of amides is 1. The smallest absolute Gasteiger partial charge is 0.309 e. The molecule has 0 N–H and O–H groups in total. The zero-order valence-electron chi connectivity index (χ0n) is 14.3. The van der Waals surface area contributed by atoms with Gasteiger partial charge in [0.2, 0.25) is 5.95 Å². The highest BCUT2D eigenvalue weighted by molar-refractivity contribution is 5.81. The number of rotatable bonds is 8. The van der Waals surface area contributed by atoms with Crippen LogP contribution in [0.5, 0.6) is 0 Å². The van der Waals surface area contributed by atoms with Crippen molar-refractivity contribution >= 4 is 17.8 Å². The molecule has 1 aromatic heterocycles. The molecule has 0 aromatic carbocycles. The van der Waals surface area contributed by atoms with E-state index in [0.717, 1.165) is 0 Å². The van der Waals surface area contributed by atoms with Gasteiger partial charge in [-0.2, -0.15) is 0 Å². The summed E-state index contributed by atoms with van der Waals surface area (Å²) in [6, 6.07) is 1.77. The number of anilines is 1. The average molecular weight is 344 g/mol. The summed E-state index contributed by atoms with van der Waals surface area (Å²) in [4.78, 5) is 36.3. The minimum Gasteiger partial charge on any atom is -0.455 e. The van der Waals surface area contributed by atoms with Crippen LogP contribution in [0.15, 0.2) is 43.8 Å². The molecule has 2 heterocycles. The van der Waals surface area contributed by atoms with E-state index in [-0.39, 0.29) is 24.4 Å². The third-order valence-electron chi connectivity index (χ3n) is 4.05. The number of esters is 1. The van der Waals surface area contributed by atoms with E-state index >= 15 is 0 Å². The standard InChI is InChI=1S/C18H24N4O3/c1-3-10-21(11-4-2)16(23)14-25-17(24)15-6-12-22(13-7-15)18-19-8-5-9-20-18/h3-5,8-9,15H,1-2,6-7,10-14H2. The van der Waals surface area contributed by atoms with Gasteiger partial charge in [-0.15, -0.1) is 13.2 Å². The minimum atomic E-state index is -0.320. The number of carbonyl (C=O) groups is 2. The molecule has 7 heteroatoms. The number of ether oxygens (including phenoxy) is 1. The quantitative estimate of drug-likeness (QED) is 0.525. The molecule has 0 unspecified atom stereocenters. The summed E-state index contributed by atoms with van der Waals surface area (Å²) < 4.78 is 5.21. The Labute approximate surface area is 148 Å². The third kappa shape index (κ3) is 5.41. The SMILES string of the molecule is C=CCN(CC=C)C(=O)COC(=O)C1CCN(c2ncccn2)CC1. The molecule has 0 saturated carbocycles. The van der Waals surface area contributed by atoms with Gasteiger partial charge < -0.3 is 14.5 Å². The van der Waals surface area contributed by atoms with Gasteiger partial charge in [-0.3, -0.25) is 9.59 Å². The van der Waals surface area contributed by atoms with Crippen LogP contribution in [0.2, 0.25) is 0 Å². The highest BCUT2D eigenvalue weighted by Gasteiger charge is 2.28. The van der Waals surface area contributed by atoms with Gasteiger partial charge in [-0.05, 0) is 18.9 Å². The fourth-order valence-electron chi connectivity index (χ4n) is 2.70. The van der Waals surface area contributed by atoms with Gasteiger partial charge in [0, 0.05) is 38.6 Å². The zero-order chi connectivity index (χ0) is 18.1. The van der Waals surface area contributed by atoms with Crippen molar-refractivity contribution in [3.05, 3.63) is 43.8 Å². The Bertz CT molecular complexity index is 588. The van der Waals surface area contributed by atoms with Crippen LogP contribution in [-0.2, 0) is 14.3 Å². The van der Waals surface area contributed by atoms with Crippen molar-refractivity contribution in [1.29, 1.82) is 0 Å². The van der Waals surface area contributed by atoms with Gasteiger partial charge in [0.05, 0.1) is 5.92 Å². The van der Waals surface area contributed by atoms with E-state index in [2.05, 4.69) is 23.1 Å². The van der Waals surface area contributed by atoms with E-state index in [1.165, 1.54) is 4.90 Å². The van der Waals surface area contributed by atoms with E-state index in [1.54, 1.807) is 30.6 Å². The predicted molar refractivity (Wildman–Crippen MR) is 94.9 cm³/mol. The second kappa shape index (κ2) is 9.56. The maximum Gasteiger partial charge on any atom is 0.309 e. The second-order valence-corrected chi connectivity index (χ2v) is 5.79. The molecule has 1 aliphatic rings. The van der Waals surface area contributed by atoms with Crippen molar-refractivity contribution in [3.63, 3.8) is 0 Å². The summed E-state index contributed by atoms with van der Waals surface area (Å²) >= 11 is 0. The Morgan fingerprint density at radius 3 is 2.36 bits per heavy atom. The highest BCUT2D eigenvalue weighted by atomic mass is 16.5. The van der Waals surface area contributed by atoms with Gasteiger partial charge in [0.25, 0.3) is 5.91 Å². The number of nitrogens with zero attached hydrogens (tertiary/aromatic N) is 4. The maximum absolute atomic E-state index is 12.2. The molecule has 0 atom stereocenters. The van der Waals surface area contributed by atoms with Crippen molar-refractivity contribution in [2.75, 3.05) is 37.7 Å². The summed E-state index contributed by atoms with van der Waals surface area (Å²) in [7, 11) is 0. The zero-order valence-corrected chi connectivity index (χ0v) is 14.3. The van der Waals surface area contributed by atoms with Crippen LogP contribution in [0.1, 0.15) is 12.8 Å². The largest absolute Gasteiger partial charge is 0.455 e. The first-order valence-electron chi connectivity index (χ1n) is 8.34. The molecule has 1 saturated heterocycles. The highest BCUT2D eigenvalue weighted by Crippen LogP contribution is 2.21. The first-order valence-corrected chi connectivity index (χ1v) is 8.34. The number of hydrogen-bond donors (Lipinski definition) is 0. The lowest BCUT2D eigenvalue weighted by molar-refractivity contribution is -0.155. The summed E-state index contributed by atoms with van der Waals surface area (Å²) in [5.41, 5.74) is 0. The first-order chi connectivity index (χ1) is 12.2. The maximum atomic E-state index is 12.2. The van der Waals surface area contributed by atoms with Crippen molar-refractivity contribution in [1.82, 2.24) is 14.9 Å². The summed E-state index contributed by atoms with van der Waals surface area (Å²) in [6.07, 6.45) is 7.98. The fraction of sp³-hybridized carbons (Fsp3) is 0.444. The molecule has 1 aliphatic heterocycles. The molecule has 7 nitrogen and oxygen atoms in total. The topological polar surface area (TPSA) is 75.6 Å². The van der Waals surface area contributed by atoms with Crippen LogP contribution in [0, 0.1) is 5.92 Å². The third-order valence-corrected chi connectivity index (χ3v) is 4.05. The van der Waals surface area contributed by atoms with Crippen LogP contribution in [-0.4, -0.2) is 59.5 Å². The molecule has 134 valence electrons. The Morgan fingerprint density at radius 1 is 1.20 bits per heavy atom. The lowest BCUT2D eigenvalue weighted by atomic mass is 9.97. The Kier molecular flexibility index (Phi) is 7.13. The minimum absolute atomic E-state index is 0.194. The number of hydrogen-bond acceptors (Lipinski definition) is 6. The van der Waals surface area contributed by atoms with Crippen LogP contribution in [0.25, 0.3) is 0 Å². The van der Waals surface area contributed by atoms with Gasteiger partial charge in [-0.1, -0.05) is 12.2 Å². The van der Waals surface area contributed by atoms with E-state index in [4.69, 9.17) is 4.74 Å². The Balaban J connectivity index is 1.77. The molecule has 0 aliphatic carbocycles. The van der Waals surface area contributed by atoms with Crippen LogP contribution in [0.4, 0.5) is 5.95 Å². The lowest BCUT2D eigenvalue weighted by Crippen LogP contribution is -2.39. The second-order valence-electron chi connectivity index (χ2n) is 5.79. The van der Waals surface area contributed by atoms with Crippen molar-refractivity contribution in [2.24, 2.45) is 5.92 Å². The molecule has 0 radical (unpaired) electrons. The predicted octanol–water partition coefficient (Wildman–Crippen LogP) is 1.44. The Hall–Kier alpha value is -2.70. The number of piperidine rings is 1. The summed E-state index contributed by atoms with van der Waals surface area (Å²) in [5, 5.41) is 0. The lowest BCUT2D eigenvalue weighted by Gasteiger charge is -2.30. The number of aromatic nitrogens is 2. The van der Waals surface area contributed by atoms with Gasteiger partial charge >= 0.3 is 5.97 Å². The van der Waals surface area contributed by atoms with Crippen LogP contribution >= 0.6 is 0 Å². The van der Waals surface area contributed by atoms with Crippen molar-refractivity contribution < 1.29 is 14.3 Å². The Morgan fingerprint density at radius 2 is 1.80 bits per heavy atom. The van der Waals surface area contributed by atoms with Crippen molar-refractivity contribution in [3.8, 4) is 0 Å². The first kappa shape index (κ1) is 18.6. The normalized spacial score (nSPS) is 14.6. The molecule has 1 aromatic rings. The van der Waals surface area contributed by atoms with E-state index in [9.17, 15) is 9.59 Å². The van der Waals surface area contributed by atoms with Gasteiger partial charge in [0.15, 0.2) is 6.61 Å². The average Bonchev–Trinajstić information content (AvgIpc) is 2.66. The van der Waals surface area contributed by atoms with Gasteiger partial charge in [-0.25, -0.2) is 9.97 Å². The number of carbonyl (C=O) groups excluding carboxylic acids is 2. The van der Waals surface area contributed by atoms with Crippen LogP contribution < -0.4 is 4.90 Å². The molecule has 1 amide bonds. The molecular formula is C18H24N4O3. The van der Waals surface area contributed by atoms with E-state index in [0.29, 0.717) is 45.0 Å². The van der Waals surface area contributed by atoms with Gasteiger partial charge in [0.1, 0.15) is 0 Å². The summed E-state index contributed by atoms with van der Waals surface area (Å²) in [6.45, 7) is 9.17. The molecule has 0 bridgehead atoms. The van der Waals surface area contributed by atoms with Crippen molar-refractivity contribution in [2.45, 2.75) is 12.8 Å². The molecule has 25 heavy (non-hydrogen) atoms. The molecule has 0 spiro atoms. The molecule has 2 rings (SSSR count). The molecule has 1 fully saturated rings. The van der Waals surface area contributed by atoms with E-state index < -0.39 is 0 Å². The monoisotopic (exact) mass is 344 g/mol. The molecular weight excluding hydrogens is 320 g/mol. The fourth-order valence-corrected chi connectivity index (χ4v) is 2.70. The van der Waals surface area contributed by atoms with Crippen LogP contribution in [0.3, 0.4) is 0 Å². The van der Waals surface area contributed by atoms with E-state index in [1.807, 2.05) is 4.90 Å².